The molecular formula is C13H15N3OS. The highest BCUT2D eigenvalue weighted by Gasteiger charge is 2.10. The molecule has 2 aromatic rings. The predicted molar refractivity (Wildman–Crippen MR) is 73.6 cm³/mol. The van der Waals surface area contributed by atoms with Crippen molar-refractivity contribution in [3.8, 4) is 0 Å². The third-order valence-electron chi connectivity index (χ3n) is 2.76. The largest absolute Gasteiger partial charge is 0.399 e. The lowest BCUT2D eigenvalue weighted by molar-refractivity contribution is 0.0950. The standard InChI is InChI=1S/C13H15N3OS/c1-8-3-4-10(14)5-11(8)13(17)15-6-12-9(2)16-7-18-12/h3-5,7H,6,14H2,1-2H3,(H,15,17). The second kappa shape index (κ2) is 5.18. The van der Waals surface area contributed by atoms with Gasteiger partial charge in [0.15, 0.2) is 0 Å². The Morgan fingerprint density at radius 2 is 2.22 bits per heavy atom. The van der Waals surface area contributed by atoms with Crippen molar-refractivity contribution in [3.63, 3.8) is 0 Å². The Morgan fingerprint density at radius 3 is 2.89 bits per heavy atom. The first-order chi connectivity index (χ1) is 8.58. The minimum atomic E-state index is -0.104. The Morgan fingerprint density at radius 1 is 1.44 bits per heavy atom. The molecule has 1 aromatic heterocycles. The van der Waals surface area contributed by atoms with Crippen molar-refractivity contribution in [1.82, 2.24) is 10.3 Å². The van der Waals surface area contributed by atoms with Crippen molar-refractivity contribution in [1.29, 1.82) is 0 Å². The molecule has 0 aliphatic carbocycles. The Balaban J connectivity index is 2.08. The molecule has 0 saturated heterocycles. The van der Waals surface area contributed by atoms with Crippen molar-refractivity contribution in [2.75, 3.05) is 5.73 Å². The van der Waals surface area contributed by atoms with Crippen molar-refractivity contribution in [3.05, 3.63) is 45.4 Å². The van der Waals surface area contributed by atoms with Crippen LogP contribution in [0.3, 0.4) is 0 Å². The second-order valence-corrected chi connectivity index (χ2v) is 5.06. The number of aromatic nitrogens is 1. The highest BCUT2D eigenvalue weighted by atomic mass is 32.1. The topological polar surface area (TPSA) is 68.0 Å². The lowest BCUT2D eigenvalue weighted by Crippen LogP contribution is -2.23. The molecule has 0 saturated carbocycles. The molecule has 0 aliphatic rings. The van der Waals surface area contributed by atoms with Crippen LogP contribution in [-0.2, 0) is 6.54 Å². The van der Waals surface area contributed by atoms with E-state index in [4.69, 9.17) is 5.73 Å². The van der Waals surface area contributed by atoms with Gasteiger partial charge in [-0.2, -0.15) is 0 Å². The van der Waals surface area contributed by atoms with Gasteiger partial charge in [0, 0.05) is 16.1 Å². The first-order valence-electron chi connectivity index (χ1n) is 5.61. The number of carbonyl (C=O) groups is 1. The fourth-order valence-corrected chi connectivity index (χ4v) is 2.35. The maximum Gasteiger partial charge on any atom is 0.251 e. The van der Waals surface area contributed by atoms with Gasteiger partial charge in [0.1, 0.15) is 0 Å². The monoisotopic (exact) mass is 261 g/mol. The fourth-order valence-electron chi connectivity index (χ4n) is 1.64. The normalized spacial score (nSPS) is 10.3. The van der Waals surface area contributed by atoms with Crippen LogP contribution in [0.15, 0.2) is 23.7 Å². The number of aryl methyl sites for hydroxylation is 2. The molecule has 4 nitrogen and oxygen atoms in total. The first kappa shape index (κ1) is 12.6. The number of amides is 1. The molecule has 1 amide bonds. The second-order valence-electron chi connectivity index (χ2n) is 4.12. The van der Waals surface area contributed by atoms with Gasteiger partial charge in [-0.25, -0.2) is 4.98 Å². The lowest BCUT2D eigenvalue weighted by Gasteiger charge is -2.08. The van der Waals surface area contributed by atoms with Crippen molar-refractivity contribution < 1.29 is 4.79 Å². The molecule has 0 bridgehead atoms. The van der Waals surface area contributed by atoms with Crippen molar-refractivity contribution in [2.45, 2.75) is 20.4 Å². The third-order valence-corrected chi connectivity index (χ3v) is 3.70. The van der Waals surface area contributed by atoms with Gasteiger partial charge in [-0.15, -0.1) is 11.3 Å². The Hall–Kier alpha value is -1.88. The summed E-state index contributed by atoms with van der Waals surface area (Å²) < 4.78 is 0. The van der Waals surface area contributed by atoms with Crippen LogP contribution in [0.25, 0.3) is 0 Å². The van der Waals surface area contributed by atoms with Crippen LogP contribution in [0.5, 0.6) is 0 Å². The quantitative estimate of drug-likeness (QED) is 0.833. The first-order valence-corrected chi connectivity index (χ1v) is 6.49. The van der Waals surface area contributed by atoms with Crippen LogP contribution < -0.4 is 11.1 Å². The Labute approximate surface area is 110 Å². The van der Waals surface area contributed by atoms with Gasteiger partial charge in [-0.05, 0) is 31.5 Å². The van der Waals surface area contributed by atoms with Crippen LogP contribution in [0, 0.1) is 13.8 Å². The molecule has 5 heteroatoms. The summed E-state index contributed by atoms with van der Waals surface area (Å²) in [6.07, 6.45) is 0. The molecule has 94 valence electrons. The van der Waals surface area contributed by atoms with E-state index in [9.17, 15) is 4.79 Å². The van der Waals surface area contributed by atoms with E-state index in [2.05, 4.69) is 10.3 Å². The summed E-state index contributed by atoms with van der Waals surface area (Å²) in [5.41, 5.74) is 10.6. The van der Waals surface area contributed by atoms with Crippen LogP contribution in [-0.4, -0.2) is 10.9 Å². The van der Waals surface area contributed by atoms with E-state index in [-0.39, 0.29) is 5.91 Å². The zero-order valence-electron chi connectivity index (χ0n) is 10.4. The van der Waals surface area contributed by atoms with E-state index in [0.717, 1.165) is 16.1 Å². The number of thiazole rings is 1. The van der Waals surface area contributed by atoms with E-state index in [1.165, 1.54) is 0 Å². The molecular weight excluding hydrogens is 246 g/mol. The third kappa shape index (κ3) is 2.68. The summed E-state index contributed by atoms with van der Waals surface area (Å²) in [4.78, 5) is 17.3. The van der Waals surface area contributed by atoms with E-state index in [1.54, 1.807) is 29.0 Å². The van der Waals surface area contributed by atoms with E-state index >= 15 is 0 Å². The minimum Gasteiger partial charge on any atom is -0.399 e. The van der Waals surface area contributed by atoms with E-state index in [0.29, 0.717) is 17.8 Å². The highest BCUT2D eigenvalue weighted by molar-refractivity contribution is 7.09. The summed E-state index contributed by atoms with van der Waals surface area (Å²) in [7, 11) is 0. The number of nitrogens with zero attached hydrogens (tertiary/aromatic N) is 1. The van der Waals surface area contributed by atoms with Gasteiger partial charge in [0.25, 0.3) is 5.91 Å². The molecule has 0 radical (unpaired) electrons. The van der Waals surface area contributed by atoms with Crippen LogP contribution in [0.1, 0.15) is 26.5 Å². The molecule has 0 aliphatic heterocycles. The summed E-state index contributed by atoms with van der Waals surface area (Å²) in [6.45, 7) is 4.33. The fraction of sp³-hybridized carbons (Fsp3) is 0.231. The number of nitrogen functional groups attached to an aromatic ring is 1. The molecule has 0 fully saturated rings. The van der Waals surface area contributed by atoms with Gasteiger partial charge in [0.05, 0.1) is 17.7 Å². The highest BCUT2D eigenvalue weighted by Crippen LogP contribution is 2.14. The SMILES string of the molecule is Cc1ccc(N)cc1C(=O)NCc1scnc1C. The molecule has 1 heterocycles. The van der Waals surface area contributed by atoms with Gasteiger partial charge in [0.2, 0.25) is 0 Å². The van der Waals surface area contributed by atoms with Gasteiger partial charge in [-0.1, -0.05) is 6.07 Å². The number of nitrogens with two attached hydrogens (primary N) is 1. The summed E-state index contributed by atoms with van der Waals surface area (Å²) in [6, 6.07) is 5.34. The number of nitrogens with one attached hydrogen (secondary N) is 1. The minimum absolute atomic E-state index is 0.104. The maximum absolute atomic E-state index is 12.0. The van der Waals surface area contributed by atoms with Gasteiger partial charge >= 0.3 is 0 Å². The van der Waals surface area contributed by atoms with Crippen molar-refractivity contribution in [2.24, 2.45) is 0 Å². The van der Waals surface area contributed by atoms with Crippen molar-refractivity contribution >= 4 is 22.9 Å². The molecule has 0 unspecified atom stereocenters. The lowest BCUT2D eigenvalue weighted by atomic mass is 10.1. The molecule has 1 aromatic carbocycles. The maximum atomic E-state index is 12.0. The number of anilines is 1. The summed E-state index contributed by atoms with van der Waals surface area (Å²) in [5, 5.41) is 2.89. The predicted octanol–water partition coefficient (Wildman–Crippen LogP) is 2.27. The van der Waals surface area contributed by atoms with E-state index < -0.39 is 0 Å². The smallest absolute Gasteiger partial charge is 0.251 e. The molecule has 0 atom stereocenters. The number of hydrogen-bond acceptors (Lipinski definition) is 4. The van der Waals surface area contributed by atoms with Crippen LogP contribution in [0.2, 0.25) is 0 Å². The zero-order chi connectivity index (χ0) is 13.1. The number of carbonyl (C=O) groups excluding carboxylic acids is 1. The number of benzene rings is 1. The van der Waals surface area contributed by atoms with Gasteiger partial charge < -0.3 is 11.1 Å². The Bertz CT molecular complexity index is 577. The molecule has 18 heavy (non-hydrogen) atoms. The van der Waals surface area contributed by atoms with Crippen LogP contribution in [0.4, 0.5) is 5.69 Å². The number of rotatable bonds is 3. The average molecular weight is 261 g/mol. The van der Waals surface area contributed by atoms with E-state index in [1.807, 2.05) is 19.9 Å². The van der Waals surface area contributed by atoms with Gasteiger partial charge in [-0.3, -0.25) is 4.79 Å². The molecule has 0 spiro atoms. The summed E-state index contributed by atoms with van der Waals surface area (Å²) >= 11 is 1.54. The average Bonchev–Trinajstić information content (AvgIpc) is 2.75. The number of hydrogen-bond donors (Lipinski definition) is 2. The molecule has 2 rings (SSSR count). The summed E-state index contributed by atoms with van der Waals surface area (Å²) in [5.74, 6) is -0.104. The zero-order valence-corrected chi connectivity index (χ0v) is 11.2. The molecule has 3 N–H and O–H groups in total. The van der Waals surface area contributed by atoms with Crippen LogP contribution >= 0.6 is 11.3 Å². The Kier molecular flexibility index (Phi) is 3.62.